The Morgan fingerprint density at radius 3 is 2.56 bits per heavy atom. The van der Waals surface area contributed by atoms with Crippen molar-refractivity contribution in [1.82, 2.24) is 10.2 Å². The van der Waals surface area contributed by atoms with Gasteiger partial charge < -0.3 is 10.2 Å². The summed E-state index contributed by atoms with van der Waals surface area (Å²) in [6.45, 7) is 2.29. The number of halogens is 1. The normalized spacial score (nSPS) is 22.1. The second kappa shape index (κ2) is 5.31. The molecule has 0 atom stereocenters. The highest BCUT2D eigenvalue weighted by atomic mass is 79.9. The van der Waals surface area contributed by atoms with Crippen LogP contribution in [0, 0.1) is 0 Å². The van der Waals surface area contributed by atoms with Crippen molar-refractivity contribution in [2.45, 2.75) is 37.8 Å². The summed E-state index contributed by atoms with van der Waals surface area (Å²) in [4.78, 5) is 15.4. The molecule has 1 aliphatic carbocycles. The first kappa shape index (κ1) is 12.6. The van der Waals surface area contributed by atoms with Gasteiger partial charge in [0.2, 0.25) is 0 Å². The van der Waals surface area contributed by atoms with E-state index in [0.717, 1.165) is 40.6 Å². The van der Waals surface area contributed by atoms with Gasteiger partial charge in [-0.05, 0) is 53.7 Å². The van der Waals surface area contributed by atoms with Gasteiger partial charge >= 0.3 is 0 Å². The lowest BCUT2D eigenvalue weighted by atomic mass is 10.0. The van der Waals surface area contributed by atoms with Gasteiger partial charge in [-0.25, -0.2) is 0 Å². The number of likely N-dealkylation sites (tertiary alicyclic amines) is 1. The van der Waals surface area contributed by atoms with Gasteiger partial charge in [0, 0.05) is 25.2 Å². The van der Waals surface area contributed by atoms with E-state index in [9.17, 15) is 4.79 Å². The maximum atomic E-state index is 12.0. The van der Waals surface area contributed by atoms with Gasteiger partial charge in [0.15, 0.2) is 0 Å². The molecule has 1 N–H and O–H groups in total. The number of hydrogen-bond acceptors (Lipinski definition) is 3. The number of carbonyl (C=O) groups excluding carboxylic acids is 1. The Morgan fingerprint density at radius 1 is 1.28 bits per heavy atom. The zero-order valence-electron chi connectivity index (χ0n) is 10.2. The van der Waals surface area contributed by atoms with E-state index in [0.29, 0.717) is 6.04 Å². The second-order valence-electron chi connectivity index (χ2n) is 5.12. The molecule has 1 saturated carbocycles. The Morgan fingerprint density at radius 2 is 2.00 bits per heavy atom. The maximum absolute atomic E-state index is 12.0. The molecule has 98 valence electrons. The van der Waals surface area contributed by atoms with Crippen LogP contribution in [0.5, 0.6) is 0 Å². The summed E-state index contributed by atoms with van der Waals surface area (Å²) in [5.41, 5.74) is 0. The molecule has 3 nitrogen and oxygen atoms in total. The van der Waals surface area contributed by atoms with E-state index in [1.54, 1.807) is 0 Å². The number of thiophene rings is 1. The van der Waals surface area contributed by atoms with E-state index >= 15 is 0 Å². The molecule has 0 bridgehead atoms. The van der Waals surface area contributed by atoms with E-state index in [-0.39, 0.29) is 5.91 Å². The highest BCUT2D eigenvalue weighted by Crippen LogP contribution is 2.29. The van der Waals surface area contributed by atoms with Crippen LogP contribution in [0.3, 0.4) is 0 Å². The highest BCUT2D eigenvalue weighted by molar-refractivity contribution is 9.11. The lowest BCUT2D eigenvalue weighted by molar-refractivity contribution is 0.0913. The van der Waals surface area contributed by atoms with E-state index in [1.807, 2.05) is 12.1 Å². The third-order valence-corrected chi connectivity index (χ3v) is 5.35. The van der Waals surface area contributed by atoms with Crippen molar-refractivity contribution in [2.24, 2.45) is 0 Å². The smallest absolute Gasteiger partial charge is 0.261 e. The highest BCUT2D eigenvalue weighted by Gasteiger charge is 2.32. The molecule has 0 unspecified atom stereocenters. The fourth-order valence-electron chi connectivity index (χ4n) is 2.54. The standard InChI is InChI=1S/C13H17BrN2OS/c14-12-4-3-11(18-12)13(17)15-9-5-7-16(8-6-9)10-1-2-10/h3-4,9-10H,1-2,5-8H2,(H,15,17). The zero-order chi connectivity index (χ0) is 12.5. The summed E-state index contributed by atoms with van der Waals surface area (Å²) in [5.74, 6) is 0.0792. The fraction of sp³-hybridized carbons (Fsp3) is 0.615. The van der Waals surface area contributed by atoms with E-state index in [1.165, 1.54) is 24.2 Å². The summed E-state index contributed by atoms with van der Waals surface area (Å²) in [6, 6.07) is 5.02. The van der Waals surface area contributed by atoms with Crippen LogP contribution in [0.1, 0.15) is 35.4 Å². The van der Waals surface area contributed by atoms with Gasteiger partial charge in [0.05, 0.1) is 8.66 Å². The molecule has 0 spiro atoms. The van der Waals surface area contributed by atoms with Gasteiger partial charge in [0.25, 0.3) is 5.91 Å². The lowest BCUT2D eigenvalue weighted by Gasteiger charge is -2.32. The largest absolute Gasteiger partial charge is 0.349 e. The minimum atomic E-state index is 0.0792. The second-order valence-corrected chi connectivity index (χ2v) is 7.58. The average molecular weight is 329 g/mol. The number of carbonyl (C=O) groups is 1. The molecule has 1 amide bonds. The molecular weight excluding hydrogens is 312 g/mol. The Kier molecular flexibility index (Phi) is 3.73. The Balaban J connectivity index is 1.50. The number of rotatable bonds is 3. The predicted molar refractivity (Wildman–Crippen MR) is 77.1 cm³/mol. The van der Waals surface area contributed by atoms with Crippen LogP contribution in [-0.2, 0) is 0 Å². The molecule has 2 fully saturated rings. The van der Waals surface area contributed by atoms with Crippen molar-refractivity contribution in [3.63, 3.8) is 0 Å². The van der Waals surface area contributed by atoms with Crippen molar-refractivity contribution in [2.75, 3.05) is 13.1 Å². The van der Waals surface area contributed by atoms with Crippen LogP contribution in [-0.4, -0.2) is 36.0 Å². The molecule has 1 aromatic heterocycles. The minimum Gasteiger partial charge on any atom is -0.349 e. The average Bonchev–Trinajstić information content (AvgIpc) is 3.12. The molecule has 0 radical (unpaired) electrons. The fourth-order valence-corrected chi connectivity index (χ4v) is 3.83. The zero-order valence-corrected chi connectivity index (χ0v) is 12.6. The summed E-state index contributed by atoms with van der Waals surface area (Å²) < 4.78 is 1.01. The van der Waals surface area contributed by atoms with Crippen LogP contribution in [0.2, 0.25) is 0 Å². The molecule has 1 aromatic rings. The molecule has 0 aromatic carbocycles. The van der Waals surface area contributed by atoms with Crippen molar-refractivity contribution in [3.8, 4) is 0 Å². The molecule has 18 heavy (non-hydrogen) atoms. The van der Waals surface area contributed by atoms with Gasteiger partial charge in [-0.3, -0.25) is 4.79 Å². The van der Waals surface area contributed by atoms with Crippen molar-refractivity contribution < 1.29 is 4.79 Å². The molecule has 5 heteroatoms. The third-order valence-electron chi connectivity index (χ3n) is 3.73. The number of nitrogens with zero attached hydrogens (tertiary/aromatic N) is 1. The first-order valence-electron chi connectivity index (χ1n) is 6.52. The number of nitrogens with one attached hydrogen (secondary N) is 1. The number of piperidine rings is 1. The van der Waals surface area contributed by atoms with Crippen LogP contribution in [0.4, 0.5) is 0 Å². The summed E-state index contributed by atoms with van der Waals surface area (Å²) >= 11 is 4.88. The SMILES string of the molecule is O=C(NC1CCN(C2CC2)CC1)c1ccc(Br)s1. The van der Waals surface area contributed by atoms with Gasteiger partial charge in [-0.1, -0.05) is 0 Å². The molecule has 1 saturated heterocycles. The maximum Gasteiger partial charge on any atom is 0.261 e. The van der Waals surface area contributed by atoms with Crippen LogP contribution < -0.4 is 5.32 Å². The summed E-state index contributed by atoms with van der Waals surface area (Å²) in [7, 11) is 0. The van der Waals surface area contributed by atoms with Crippen molar-refractivity contribution >= 4 is 33.2 Å². The molecule has 1 aliphatic heterocycles. The first-order chi connectivity index (χ1) is 8.72. The predicted octanol–water partition coefficient (Wildman–Crippen LogP) is 2.87. The molecule has 2 heterocycles. The van der Waals surface area contributed by atoms with Crippen molar-refractivity contribution in [1.29, 1.82) is 0 Å². The minimum absolute atomic E-state index is 0.0792. The number of hydrogen-bond donors (Lipinski definition) is 1. The van der Waals surface area contributed by atoms with Crippen LogP contribution >= 0.6 is 27.3 Å². The quantitative estimate of drug-likeness (QED) is 0.925. The summed E-state index contributed by atoms with van der Waals surface area (Å²) in [5, 5.41) is 3.15. The lowest BCUT2D eigenvalue weighted by Crippen LogP contribution is -2.45. The Labute approximate surface area is 120 Å². The molecular formula is C13H17BrN2OS. The Hall–Kier alpha value is -0.390. The Bertz CT molecular complexity index is 436. The van der Waals surface area contributed by atoms with Crippen LogP contribution in [0.15, 0.2) is 15.9 Å². The number of amides is 1. The third kappa shape index (κ3) is 2.95. The van der Waals surface area contributed by atoms with Crippen LogP contribution in [0.25, 0.3) is 0 Å². The van der Waals surface area contributed by atoms with Gasteiger partial charge in [-0.15, -0.1) is 11.3 Å². The molecule has 3 rings (SSSR count). The topological polar surface area (TPSA) is 32.3 Å². The van der Waals surface area contributed by atoms with E-state index < -0.39 is 0 Å². The van der Waals surface area contributed by atoms with Gasteiger partial charge in [0.1, 0.15) is 0 Å². The van der Waals surface area contributed by atoms with Gasteiger partial charge in [-0.2, -0.15) is 0 Å². The summed E-state index contributed by atoms with van der Waals surface area (Å²) in [6.07, 6.45) is 4.93. The molecule has 2 aliphatic rings. The van der Waals surface area contributed by atoms with Crippen molar-refractivity contribution in [3.05, 3.63) is 20.8 Å². The van der Waals surface area contributed by atoms with E-state index in [2.05, 4.69) is 26.1 Å². The van der Waals surface area contributed by atoms with E-state index in [4.69, 9.17) is 0 Å². The monoisotopic (exact) mass is 328 g/mol. The first-order valence-corrected chi connectivity index (χ1v) is 8.13.